The van der Waals surface area contributed by atoms with Gasteiger partial charge in [0.15, 0.2) is 11.5 Å². The molecule has 28 heavy (non-hydrogen) atoms. The number of nitro groups is 1. The van der Waals surface area contributed by atoms with E-state index >= 15 is 0 Å². The molecule has 2 heterocycles. The zero-order valence-electron chi connectivity index (χ0n) is 14.4. The summed E-state index contributed by atoms with van der Waals surface area (Å²) in [5.41, 5.74) is 5.41. The van der Waals surface area contributed by atoms with Crippen LogP contribution in [0.5, 0.6) is 11.5 Å². The lowest BCUT2D eigenvalue weighted by atomic mass is 10.1. The normalized spacial score (nSPS) is 12.4. The Balaban J connectivity index is 0.00000225. The molecular formula is C18H15BrN4O4S. The number of nitro benzene ring substituents is 1. The molecule has 1 aliphatic rings. The lowest BCUT2D eigenvalue weighted by Gasteiger charge is -2.18. The third-order valence-electron chi connectivity index (χ3n) is 3.82. The maximum absolute atomic E-state index is 10.6. The van der Waals surface area contributed by atoms with E-state index in [2.05, 4.69) is 15.5 Å². The van der Waals surface area contributed by atoms with Crippen LogP contribution in [-0.4, -0.2) is 29.3 Å². The monoisotopic (exact) mass is 462 g/mol. The number of anilines is 1. The maximum Gasteiger partial charge on any atom is 0.269 e. The molecule has 0 fully saturated rings. The number of non-ortho nitro benzene ring substituents is 1. The summed E-state index contributed by atoms with van der Waals surface area (Å²) < 4.78 is 11.1. The molecule has 0 radical (unpaired) electrons. The molecule has 0 amide bonds. The predicted octanol–water partition coefficient (Wildman–Crippen LogP) is 4.51. The molecule has 0 aliphatic carbocycles. The number of nitrogens with zero attached hydrogens (tertiary/aromatic N) is 3. The Morgan fingerprint density at radius 2 is 1.89 bits per heavy atom. The number of halogens is 1. The van der Waals surface area contributed by atoms with Gasteiger partial charge < -0.3 is 9.47 Å². The summed E-state index contributed by atoms with van der Waals surface area (Å²) in [6.45, 7) is 1.10. The van der Waals surface area contributed by atoms with Crippen molar-refractivity contribution in [3.63, 3.8) is 0 Å². The molecule has 0 unspecified atom stereocenters. The topological polar surface area (TPSA) is 98.9 Å². The minimum atomic E-state index is -0.436. The minimum Gasteiger partial charge on any atom is -0.486 e. The van der Waals surface area contributed by atoms with Gasteiger partial charge in [0.1, 0.15) is 13.2 Å². The first-order valence-electron chi connectivity index (χ1n) is 8.08. The number of rotatable bonds is 5. The number of aromatic nitrogens is 1. The molecule has 1 aromatic heterocycles. The highest BCUT2D eigenvalue weighted by molar-refractivity contribution is 8.93. The standard InChI is InChI=1S/C18H14N4O4S.BrH/c23-22(24)14-4-1-12(2-5-14)10-19-21-18-20-15(11-27-18)13-3-6-16-17(9-13)26-8-7-25-16;/h1-6,9-11H,7-8H2,(H,20,21);1H/b19-10+;. The Hall–Kier alpha value is -2.98. The third-order valence-corrected chi connectivity index (χ3v) is 4.57. The highest BCUT2D eigenvalue weighted by Gasteiger charge is 2.13. The highest BCUT2D eigenvalue weighted by Crippen LogP contribution is 2.35. The number of fused-ring (bicyclic) bond motifs is 1. The fourth-order valence-corrected chi connectivity index (χ4v) is 3.17. The number of benzene rings is 2. The van der Waals surface area contributed by atoms with Gasteiger partial charge in [-0.05, 0) is 35.9 Å². The van der Waals surface area contributed by atoms with Crippen molar-refractivity contribution in [3.05, 3.63) is 63.5 Å². The van der Waals surface area contributed by atoms with Gasteiger partial charge in [-0.25, -0.2) is 4.98 Å². The summed E-state index contributed by atoms with van der Waals surface area (Å²) in [7, 11) is 0. The van der Waals surface area contributed by atoms with Gasteiger partial charge in [-0.2, -0.15) is 5.10 Å². The number of hydrazone groups is 1. The summed E-state index contributed by atoms with van der Waals surface area (Å²) in [5, 5.41) is 17.3. The maximum atomic E-state index is 10.6. The second-order valence-corrected chi connectivity index (χ2v) is 6.47. The smallest absolute Gasteiger partial charge is 0.269 e. The first-order chi connectivity index (χ1) is 13.2. The number of ether oxygens (including phenoxy) is 2. The van der Waals surface area contributed by atoms with Crippen LogP contribution in [0.3, 0.4) is 0 Å². The molecule has 4 rings (SSSR count). The van der Waals surface area contributed by atoms with Crippen molar-refractivity contribution in [1.29, 1.82) is 0 Å². The molecule has 0 saturated heterocycles. The van der Waals surface area contributed by atoms with E-state index in [0.29, 0.717) is 18.3 Å². The number of thiazole rings is 1. The molecule has 1 N–H and O–H groups in total. The fraction of sp³-hybridized carbons (Fsp3) is 0.111. The largest absolute Gasteiger partial charge is 0.486 e. The fourth-order valence-electron chi connectivity index (χ4n) is 2.50. The van der Waals surface area contributed by atoms with Crippen LogP contribution >= 0.6 is 28.3 Å². The van der Waals surface area contributed by atoms with E-state index in [4.69, 9.17) is 9.47 Å². The van der Waals surface area contributed by atoms with E-state index in [1.54, 1.807) is 18.3 Å². The molecule has 0 bridgehead atoms. The average Bonchev–Trinajstić information content (AvgIpc) is 3.17. The van der Waals surface area contributed by atoms with Crippen LogP contribution < -0.4 is 14.9 Å². The van der Waals surface area contributed by atoms with Gasteiger partial charge in [-0.15, -0.1) is 28.3 Å². The Morgan fingerprint density at radius 3 is 2.64 bits per heavy atom. The predicted molar refractivity (Wildman–Crippen MR) is 113 cm³/mol. The van der Waals surface area contributed by atoms with E-state index in [9.17, 15) is 10.1 Å². The first-order valence-corrected chi connectivity index (χ1v) is 8.96. The number of hydrogen-bond acceptors (Lipinski definition) is 8. The molecule has 144 valence electrons. The third kappa shape index (κ3) is 4.46. The van der Waals surface area contributed by atoms with E-state index in [0.717, 1.165) is 28.3 Å². The van der Waals surface area contributed by atoms with Crippen molar-refractivity contribution < 1.29 is 14.4 Å². The van der Waals surface area contributed by atoms with Gasteiger partial charge in [0, 0.05) is 23.1 Å². The van der Waals surface area contributed by atoms with Gasteiger partial charge in [0.2, 0.25) is 5.13 Å². The molecule has 2 aromatic carbocycles. The Morgan fingerprint density at radius 1 is 1.14 bits per heavy atom. The molecule has 3 aromatic rings. The molecule has 0 saturated carbocycles. The Labute approximate surface area is 174 Å². The van der Waals surface area contributed by atoms with Crippen molar-refractivity contribution >= 4 is 45.4 Å². The van der Waals surface area contributed by atoms with Gasteiger partial charge in [0.05, 0.1) is 16.8 Å². The Kier molecular flexibility index (Phi) is 6.22. The summed E-state index contributed by atoms with van der Waals surface area (Å²) in [6, 6.07) is 11.9. The molecule has 0 spiro atoms. The van der Waals surface area contributed by atoms with Crippen LogP contribution in [-0.2, 0) is 0 Å². The van der Waals surface area contributed by atoms with Crippen molar-refractivity contribution in [2.75, 3.05) is 18.6 Å². The van der Waals surface area contributed by atoms with Crippen molar-refractivity contribution in [3.8, 4) is 22.8 Å². The van der Waals surface area contributed by atoms with E-state index in [1.165, 1.54) is 23.5 Å². The second-order valence-electron chi connectivity index (χ2n) is 5.61. The highest BCUT2D eigenvalue weighted by atomic mass is 79.9. The zero-order chi connectivity index (χ0) is 18.6. The molecule has 0 atom stereocenters. The van der Waals surface area contributed by atoms with Crippen LogP contribution in [0.4, 0.5) is 10.8 Å². The van der Waals surface area contributed by atoms with Crippen LogP contribution in [0, 0.1) is 10.1 Å². The van der Waals surface area contributed by atoms with Gasteiger partial charge >= 0.3 is 0 Å². The van der Waals surface area contributed by atoms with Gasteiger partial charge in [0.25, 0.3) is 5.69 Å². The quantitative estimate of drug-likeness (QED) is 0.340. The minimum absolute atomic E-state index is 0. The second kappa shape index (κ2) is 8.81. The van der Waals surface area contributed by atoms with Crippen LogP contribution in [0.25, 0.3) is 11.3 Å². The van der Waals surface area contributed by atoms with E-state index in [-0.39, 0.29) is 22.7 Å². The summed E-state index contributed by atoms with van der Waals surface area (Å²) in [4.78, 5) is 14.7. The first kappa shape index (κ1) is 19.8. The molecule has 1 aliphatic heterocycles. The number of hydrogen-bond donors (Lipinski definition) is 1. The van der Waals surface area contributed by atoms with E-state index < -0.39 is 4.92 Å². The van der Waals surface area contributed by atoms with Crippen LogP contribution in [0.2, 0.25) is 0 Å². The van der Waals surface area contributed by atoms with Crippen molar-refractivity contribution in [2.24, 2.45) is 5.10 Å². The van der Waals surface area contributed by atoms with Gasteiger partial charge in [-0.1, -0.05) is 0 Å². The molecular weight excluding hydrogens is 448 g/mol. The molecule has 10 heteroatoms. The number of nitrogens with one attached hydrogen (secondary N) is 1. The summed E-state index contributed by atoms with van der Waals surface area (Å²) in [5.74, 6) is 1.46. The van der Waals surface area contributed by atoms with Crippen LogP contribution in [0.1, 0.15) is 5.56 Å². The zero-order valence-corrected chi connectivity index (χ0v) is 16.9. The van der Waals surface area contributed by atoms with Crippen molar-refractivity contribution in [1.82, 2.24) is 4.98 Å². The van der Waals surface area contributed by atoms with Gasteiger partial charge in [-0.3, -0.25) is 15.5 Å². The lowest BCUT2D eigenvalue weighted by Crippen LogP contribution is -2.15. The average molecular weight is 463 g/mol. The molecule has 8 nitrogen and oxygen atoms in total. The lowest BCUT2D eigenvalue weighted by molar-refractivity contribution is -0.384. The summed E-state index contributed by atoms with van der Waals surface area (Å²) in [6.07, 6.45) is 1.58. The van der Waals surface area contributed by atoms with E-state index in [1.807, 2.05) is 23.6 Å². The Bertz CT molecular complexity index is 1010. The SMILES string of the molecule is Br.O=[N+]([O-])c1ccc(/C=N/Nc2nc(-c3ccc4c(c3)OCCO4)cs2)cc1. The van der Waals surface area contributed by atoms with Crippen molar-refractivity contribution in [2.45, 2.75) is 0 Å². The van der Waals surface area contributed by atoms with Crippen LogP contribution in [0.15, 0.2) is 52.9 Å². The summed E-state index contributed by atoms with van der Waals surface area (Å²) >= 11 is 1.43.